The van der Waals surface area contributed by atoms with E-state index in [2.05, 4.69) is 10.3 Å². The number of nitrogens with one attached hydrogen (secondary N) is 1. The molecular weight excluding hydrogens is 88.1 g/mol. The first-order chi connectivity index (χ1) is 3.31. The lowest BCUT2D eigenvalue weighted by Crippen LogP contribution is -2.17. The van der Waals surface area contributed by atoms with Crippen molar-refractivity contribution in [2.24, 2.45) is 4.99 Å². The zero-order valence-corrected chi connectivity index (χ0v) is 5.10. The van der Waals surface area contributed by atoms with Crippen molar-refractivity contribution in [2.75, 3.05) is 7.05 Å². The molecule has 1 unspecified atom stereocenters. The highest BCUT2D eigenvalue weighted by molar-refractivity contribution is 5.53. The van der Waals surface area contributed by atoms with Gasteiger partial charge in [0.05, 0.1) is 6.17 Å². The van der Waals surface area contributed by atoms with Gasteiger partial charge in [-0.2, -0.15) is 0 Å². The number of nitrogens with zero attached hydrogens (tertiary/aromatic N) is 1. The second kappa shape index (κ2) is 3.81. The maximum atomic E-state index is 4.01. The topological polar surface area (TPSA) is 24.4 Å². The van der Waals surface area contributed by atoms with Crippen LogP contribution >= 0.6 is 0 Å². The molecule has 2 heteroatoms. The van der Waals surface area contributed by atoms with E-state index in [1.165, 1.54) is 0 Å². The maximum Gasteiger partial charge on any atom is 0.0959 e. The van der Waals surface area contributed by atoms with Gasteiger partial charge in [0.15, 0.2) is 0 Å². The Kier molecular flexibility index (Phi) is 3.61. The van der Waals surface area contributed by atoms with Gasteiger partial charge in [-0.3, -0.25) is 10.3 Å². The predicted molar refractivity (Wildman–Crippen MR) is 32.7 cm³/mol. The van der Waals surface area contributed by atoms with Gasteiger partial charge in [0, 0.05) is 0 Å². The van der Waals surface area contributed by atoms with Gasteiger partial charge < -0.3 is 0 Å². The van der Waals surface area contributed by atoms with Crippen LogP contribution in [0.25, 0.3) is 0 Å². The summed E-state index contributed by atoms with van der Waals surface area (Å²) < 4.78 is 0. The zero-order valence-electron chi connectivity index (χ0n) is 5.10. The summed E-state index contributed by atoms with van der Waals surface area (Å²) in [6, 6.07) is 0. The molecule has 0 amide bonds. The summed E-state index contributed by atoms with van der Waals surface area (Å²) in [4.78, 5) is 4.01. The van der Waals surface area contributed by atoms with Gasteiger partial charge in [-0.1, -0.05) is 0 Å². The van der Waals surface area contributed by atoms with Crippen LogP contribution < -0.4 is 5.32 Å². The van der Waals surface area contributed by atoms with Crippen molar-refractivity contribution < 1.29 is 0 Å². The Labute approximate surface area is 44.6 Å². The molecule has 0 rings (SSSR count). The molecule has 0 radical (unpaired) electrons. The van der Waals surface area contributed by atoms with Gasteiger partial charge in [-0.25, -0.2) is 0 Å². The highest BCUT2D eigenvalue weighted by atomic mass is 15.0. The van der Waals surface area contributed by atoms with E-state index in [1.807, 2.05) is 20.9 Å². The number of rotatable bonds is 2. The monoisotopic (exact) mass is 100 g/mol. The average Bonchev–Trinajstić information content (AvgIpc) is 1.68. The molecule has 0 spiro atoms. The van der Waals surface area contributed by atoms with Gasteiger partial charge in [0.2, 0.25) is 0 Å². The van der Waals surface area contributed by atoms with Gasteiger partial charge in [-0.05, 0) is 27.1 Å². The third-order valence-electron chi connectivity index (χ3n) is 0.790. The summed E-state index contributed by atoms with van der Waals surface area (Å²) >= 11 is 0. The van der Waals surface area contributed by atoms with Crippen molar-refractivity contribution in [1.82, 2.24) is 5.32 Å². The van der Waals surface area contributed by atoms with Crippen molar-refractivity contribution in [3.05, 3.63) is 0 Å². The van der Waals surface area contributed by atoms with Crippen LogP contribution in [0.5, 0.6) is 0 Å². The maximum absolute atomic E-state index is 4.01. The summed E-state index contributed by atoms with van der Waals surface area (Å²) in [6.45, 7) is 3.91. The van der Waals surface area contributed by atoms with Gasteiger partial charge in [0.25, 0.3) is 0 Å². The fraction of sp³-hybridized carbons (Fsp3) is 0.800. The molecule has 0 aromatic rings. The number of hydrogen-bond acceptors (Lipinski definition) is 2. The lowest BCUT2D eigenvalue weighted by atomic mass is 10.6. The third kappa shape index (κ3) is 3.46. The van der Waals surface area contributed by atoms with Gasteiger partial charge in [0.1, 0.15) is 0 Å². The lowest BCUT2D eigenvalue weighted by Gasteiger charge is -1.99. The summed E-state index contributed by atoms with van der Waals surface area (Å²) in [5, 5.41) is 2.97. The second-order valence-electron chi connectivity index (χ2n) is 1.37. The van der Waals surface area contributed by atoms with Crippen molar-refractivity contribution in [3.8, 4) is 0 Å². The fourth-order valence-corrected chi connectivity index (χ4v) is 0.298. The quantitative estimate of drug-likeness (QED) is 0.506. The molecule has 0 heterocycles. The lowest BCUT2D eigenvalue weighted by molar-refractivity contribution is 0.644. The molecular formula is C5H12N2. The van der Waals surface area contributed by atoms with Crippen molar-refractivity contribution in [1.29, 1.82) is 0 Å². The molecule has 7 heavy (non-hydrogen) atoms. The van der Waals surface area contributed by atoms with Crippen LogP contribution in [-0.4, -0.2) is 19.4 Å². The van der Waals surface area contributed by atoms with Gasteiger partial charge in [-0.15, -0.1) is 0 Å². The van der Waals surface area contributed by atoms with E-state index in [1.54, 1.807) is 6.21 Å². The SMILES string of the molecule is CC=NC(C)NC. The molecule has 0 aromatic heterocycles. The Morgan fingerprint density at radius 1 is 1.71 bits per heavy atom. The first-order valence-corrected chi connectivity index (χ1v) is 2.46. The van der Waals surface area contributed by atoms with E-state index in [4.69, 9.17) is 0 Å². The van der Waals surface area contributed by atoms with E-state index >= 15 is 0 Å². The summed E-state index contributed by atoms with van der Waals surface area (Å²) in [5.74, 6) is 0. The molecule has 1 N–H and O–H groups in total. The van der Waals surface area contributed by atoms with E-state index in [-0.39, 0.29) is 6.17 Å². The molecule has 0 fully saturated rings. The minimum Gasteiger partial charge on any atom is -0.299 e. The standard InChI is InChI=1S/C5H12N2/c1-4-7-5(2)6-3/h4-6H,1-3H3. The molecule has 0 aliphatic rings. The second-order valence-corrected chi connectivity index (χ2v) is 1.37. The van der Waals surface area contributed by atoms with Crippen molar-refractivity contribution in [3.63, 3.8) is 0 Å². The van der Waals surface area contributed by atoms with Crippen LogP contribution in [0.3, 0.4) is 0 Å². The van der Waals surface area contributed by atoms with Gasteiger partial charge >= 0.3 is 0 Å². The highest BCUT2D eigenvalue weighted by Gasteiger charge is 1.84. The van der Waals surface area contributed by atoms with Crippen LogP contribution in [0.4, 0.5) is 0 Å². The molecule has 1 atom stereocenters. The number of aliphatic imine (C=N–C) groups is 1. The van der Waals surface area contributed by atoms with Crippen LogP contribution in [0.15, 0.2) is 4.99 Å². The Morgan fingerprint density at radius 3 is 2.43 bits per heavy atom. The average molecular weight is 100 g/mol. The Morgan fingerprint density at radius 2 is 2.29 bits per heavy atom. The summed E-state index contributed by atoms with van der Waals surface area (Å²) in [7, 11) is 1.89. The normalized spacial score (nSPS) is 15.3. The summed E-state index contributed by atoms with van der Waals surface area (Å²) in [6.07, 6.45) is 2.06. The molecule has 0 aliphatic heterocycles. The molecule has 2 nitrogen and oxygen atoms in total. The minimum absolute atomic E-state index is 0.269. The Balaban J connectivity index is 3.16. The predicted octanol–water partition coefficient (Wildman–Crippen LogP) is 0.643. The van der Waals surface area contributed by atoms with Crippen LogP contribution in [-0.2, 0) is 0 Å². The minimum atomic E-state index is 0.269. The zero-order chi connectivity index (χ0) is 5.70. The van der Waals surface area contributed by atoms with Crippen molar-refractivity contribution >= 4 is 6.21 Å². The van der Waals surface area contributed by atoms with Crippen LogP contribution in [0, 0.1) is 0 Å². The molecule has 42 valence electrons. The smallest absolute Gasteiger partial charge is 0.0959 e. The van der Waals surface area contributed by atoms with Crippen LogP contribution in [0.2, 0.25) is 0 Å². The van der Waals surface area contributed by atoms with E-state index < -0.39 is 0 Å². The van der Waals surface area contributed by atoms with E-state index in [0.29, 0.717) is 0 Å². The molecule has 0 aliphatic carbocycles. The first-order valence-electron chi connectivity index (χ1n) is 2.46. The highest BCUT2D eigenvalue weighted by Crippen LogP contribution is 1.76. The number of hydrogen-bond donors (Lipinski definition) is 1. The van der Waals surface area contributed by atoms with Crippen LogP contribution in [0.1, 0.15) is 13.8 Å². The molecule has 0 saturated heterocycles. The summed E-state index contributed by atoms with van der Waals surface area (Å²) in [5.41, 5.74) is 0. The molecule has 0 bridgehead atoms. The largest absolute Gasteiger partial charge is 0.299 e. The third-order valence-corrected chi connectivity index (χ3v) is 0.790. The Hall–Kier alpha value is -0.370. The molecule has 0 saturated carbocycles. The fourth-order valence-electron chi connectivity index (χ4n) is 0.298. The first kappa shape index (κ1) is 6.63. The van der Waals surface area contributed by atoms with Crippen molar-refractivity contribution in [2.45, 2.75) is 20.0 Å². The Bertz CT molecular complexity index is 59.1. The molecule has 0 aromatic carbocycles. The van der Waals surface area contributed by atoms with E-state index in [0.717, 1.165) is 0 Å². The van der Waals surface area contributed by atoms with E-state index in [9.17, 15) is 0 Å².